The second-order valence-corrected chi connectivity index (χ2v) is 5.79. The number of benzene rings is 2. The molecular formula is C20H17NO4. The molecule has 1 aliphatic carbocycles. The van der Waals surface area contributed by atoms with Gasteiger partial charge in [0.2, 0.25) is 0 Å². The second-order valence-electron chi connectivity index (χ2n) is 5.79. The van der Waals surface area contributed by atoms with Crippen molar-refractivity contribution in [2.75, 3.05) is 12.4 Å². The van der Waals surface area contributed by atoms with Crippen LogP contribution in [-0.2, 0) is 9.53 Å². The van der Waals surface area contributed by atoms with Crippen molar-refractivity contribution in [2.24, 2.45) is 0 Å². The number of carbonyl (C=O) groups is 3. The molecule has 0 radical (unpaired) electrons. The van der Waals surface area contributed by atoms with Gasteiger partial charge < -0.3 is 10.1 Å². The van der Waals surface area contributed by atoms with Gasteiger partial charge in [0.15, 0.2) is 11.6 Å². The molecule has 0 amide bonds. The summed E-state index contributed by atoms with van der Waals surface area (Å²) in [5.74, 6) is -0.707. The molecule has 0 aliphatic heterocycles. The Kier molecular flexibility index (Phi) is 4.48. The van der Waals surface area contributed by atoms with E-state index in [1.165, 1.54) is 19.3 Å². The number of rotatable bonds is 4. The van der Waals surface area contributed by atoms with Crippen molar-refractivity contribution in [1.29, 1.82) is 0 Å². The molecule has 1 aliphatic rings. The average Bonchev–Trinajstić information content (AvgIpc) is 2.74. The maximum atomic E-state index is 12.2. The van der Waals surface area contributed by atoms with E-state index in [0.717, 1.165) is 16.8 Å². The fourth-order valence-corrected chi connectivity index (χ4v) is 2.72. The van der Waals surface area contributed by atoms with E-state index < -0.39 is 6.04 Å². The van der Waals surface area contributed by atoms with Gasteiger partial charge in [-0.3, -0.25) is 9.59 Å². The molecule has 2 aromatic carbocycles. The summed E-state index contributed by atoms with van der Waals surface area (Å²) < 4.78 is 4.68. The standard InChI is InChI=1S/C20H17NO4/c1-12(20(24)25-2)21-15-6-3-13(4-7-15)16-8-5-14-11-17(16)19(23)10-9-18(14)22/h3-12,21H,1-2H3. The maximum absolute atomic E-state index is 12.2. The number of carbonyl (C=O) groups excluding carboxylic acids is 3. The number of methoxy groups -OCH3 is 1. The van der Waals surface area contributed by atoms with E-state index in [2.05, 4.69) is 10.1 Å². The van der Waals surface area contributed by atoms with Gasteiger partial charge >= 0.3 is 5.97 Å². The number of allylic oxidation sites excluding steroid dienone is 2. The summed E-state index contributed by atoms with van der Waals surface area (Å²) in [6, 6.07) is 12.1. The summed E-state index contributed by atoms with van der Waals surface area (Å²) in [5.41, 5.74) is 3.40. The Morgan fingerprint density at radius 3 is 2.24 bits per heavy atom. The lowest BCUT2D eigenvalue weighted by Crippen LogP contribution is -2.27. The predicted octanol–water partition coefficient (Wildman–Crippen LogP) is 3.26. The molecule has 0 fully saturated rings. The van der Waals surface area contributed by atoms with Crippen molar-refractivity contribution in [2.45, 2.75) is 13.0 Å². The highest BCUT2D eigenvalue weighted by molar-refractivity contribution is 6.18. The highest BCUT2D eigenvalue weighted by Gasteiger charge is 2.18. The van der Waals surface area contributed by atoms with Crippen LogP contribution in [0.3, 0.4) is 0 Å². The van der Waals surface area contributed by atoms with Gasteiger partial charge in [-0.25, -0.2) is 4.79 Å². The first-order valence-corrected chi connectivity index (χ1v) is 7.85. The molecule has 1 atom stereocenters. The van der Waals surface area contributed by atoms with Crippen molar-refractivity contribution in [3.63, 3.8) is 0 Å². The van der Waals surface area contributed by atoms with E-state index in [-0.39, 0.29) is 17.5 Å². The van der Waals surface area contributed by atoms with Crippen molar-refractivity contribution in [3.8, 4) is 11.1 Å². The molecule has 2 bridgehead atoms. The highest BCUT2D eigenvalue weighted by Crippen LogP contribution is 2.28. The Bertz CT molecular complexity index is 881. The van der Waals surface area contributed by atoms with Gasteiger partial charge in [0.1, 0.15) is 6.04 Å². The van der Waals surface area contributed by atoms with E-state index >= 15 is 0 Å². The quantitative estimate of drug-likeness (QED) is 0.868. The summed E-state index contributed by atoms with van der Waals surface area (Å²) >= 11 is 0. The third-order valence-corrected chi connectivity index (χ3v) is 4.09. The monoisotopic (exact) mass is 335 g/mol. The van der Waals surface area contributed by atoms with Crippen LogP contribution in [0.4, 0.5) is 5.69 Å². The van der Waals surface area contributed by atoms with Gasteiger partial charge in [0, 0.05) is 16.8 Å². The number of esters is 1. The molecule has 1 unspecified atom stereocenters. The van der Waals surface area contributed by atoms with Crippen LogP contribution in [0.2, 0.25) is 0 Å². The first-order chi connectivity index (χ1) is 12.0. The van der Waals surface area contributed by atoms with E-state index in [1.807, 2.05) is 24.3 Å². The van der Waals surface area contributed by atoms with Crippen LogP contribution in [0.15, 0.2) is 54.6 Å². The van der Waals surface area contributed by atoms with E-state index in [1.54, 1.807) is 25.1 Å². The molecule has 3 rings (SSSR count). The number of ketones is 2. The Morgan fingerprint density at radius 2 is 1.56 bits per heavy atom. The maximum Gasteiger partial charge on any atom is 0.327 e. The van der Waals surface area contributed by atoms with Crippen LogP contribution in [0.5, 0.6) is 0 Å². The van der Waals surface area contributed by atoms with Gasteiger partial charge in [0.25, 0.3) is 0 Å². The lowest BCUT2D eigenvalue weighted by atomic mass is 9.95. The Balaban J connectivity index is 1.89. The number of anilines is 1. The molecule has 2 aromatic rings. The van der Waals surface area contributed by atoms with Gasteiger partial charge in [-0.2, -0.15) is 0 Å². The second kappa shape index (κ2) is 6.73. The molecule has 5 heteroatoms. The molecule has 25 heavy (non-hydrogen) atoms. The SMILES string of the molecule is COC(=O)C(C)Nc1ccc(-c2ccc3cc2C(=O)C=CC3=O)cc1. The van der Waals surface area contributed by atoms with Crippen molar-refractivity contribution in [3.05, 3.63) is 65.7 Å². The number of nitrogens with one attached hydrogen (secondary N) is 1. The van der Waals surface area contributed by atoms with E-state index in [0.29, 0.717) is 11.1 Å². The summed E-state index contributed by atoms with van der Waals surface area (Å²) in [6.45, 7) is 1.72. The average molecular weight is 335 g/mol. The molecule has 0 saturated carbocycles. The predicted molar refractivity (Wildman–Crippen MR) is 94.8 cm³/mol. The molecular weight excluding hydrogens is 318 g/mol. The van der Waals surface area contributed by atoms with E-state index in [4.69, 9.17) is 0 Å². The van der Waals surface area contributed by atoms with Crippen molar-refractivity contribution in [1.82, 2.24) is 0 Å². The smallest absolute Gasteiger partial charge is 0.327 e. The highest BCUT2D eigenvalue weighted by atomic mass is 16.5. The number of ether oxygens (including phenoxy) is 1. The van der Waals surface area contributed by atoms with Crippen LogP contribution in [0, 0.1) is 0 Å². The first-order valence-electron chi connectivity index (χ1n) is 7.85. The number of hydrogen-bond donors (Lipinski definition) is 1. The normalized spacial score (nSPS) is 14.0. The van der Waals surface area contributed by atoms with E-state index in [9.17, 15) is 14.4 Å². The van der Waals surface area contributed by atoms with Crippen LogP contribution in [0.1, 0.15) is 27.6 Å². The van der Waals surface area contributed by atoms with Crippen LogP contribution >= 0.6 is 0 Å². The largest absolute Gasteiger partial charge is 0.467 e. The Labute approximate surface area is 145 Å². The van der Waals surface area contributed by atoms with Crippen LogP contribution in [-0.4, -0.2) is 30.7 Å². The summed E-state index contributed by atoms with van der Waals surface area (Å²) in [7, 11) is 1.34. The molecule has 0 spiro atoms. The topological polar surface area (TPSA) is 72.5 Å². The van der Waals surface area contributed by atoms with Gasteiger partial charge in [-0.05, 0) is 48.4 Å². The fraction of sp³-hybridized carbons (Fsp3) is 0.150. The number of fused-ring (bicyclic) bond motifs is 2. The minimum absolute atomic E-state index is 0.171. The van der Waals surface area contributed by atoms with Crippen LogP contribution in [0.25, 0.3) is 11.1 Å². The zero-order valence-electron chi connectivity index (χ0n) is 13.9. The molecule has 5 nitrogen and oxygen atoms in total. The van der Waals surface area contributed by atoms with Crippen molar-refractivity contribution < 1.29 is 19.1 Å². The third-order valence-electron chi connectivity index (χ3n) is 4.09. The zero-order valence-corrected chi connectivity index (χ0v) is 13.9. The Hall–Kier alpha value is -3.21. The minimum atomic E-state index is -0.461. The van der Waals surface area contributed by atoms with Gasteiger partial charge in [0.05, 0.1) is 7.11 Å². The third kappa shape index (κ3) is 3.35. The lowest BCUT2D eigenvalue weighted by Gasteiger charge is -2.14. The molecule has 0 saturated heterocycles. The summed E-state index contributed by atoms with van der Waals surface area (Å²) in [6.07, 6.45) is 2.61. The molecule has 126 valence electrons. The first kappa shape index (κ1) is 16.6. The number of hydrogen-bond acceptors (Lipinski definition) is 5. The fourth-order valence-electron chi connectivity index (χ4n) is 2.72. The molecule has 0 aromatic heterocycles. The summed E-state index contributed by atoms with van der Waals surface area (Å²) in [4.78, 5) is 35.5. The summed E-state index contributed by atoms with van der Waals surface area (Å²) in [5, 5.41) is 3.05. The molecule has 0 heterocycles. The van der Waals surface area contributed by atoms with Crippen LogP contribution < -0.4 is 5.32 Å². The van der Waals surface area contributed by atoms with Gasteiger partial charge in [-0.15, -0.1) is 0 Å². The van der Waals surface area contributed by atoms with Gasteiger partial charge in [-0.1, -0.05) is 24.3 Å². The zero-order chi connectivity index (χ0) is 18.0. The van der Waals surface area contributed by atoms with Crippen molar-refractivity contribution >= 4 is 23.2 Å². The Morgan fingerprint density at radius 1 is 0.920 bits per heavy atom. The molecule has 1 N–H and O–H groups in total. The minimum Gasteiger partial charge on any atom is -0.467 e. The lowest BCUT2D eigenvalue weighted by molar-refractivity contribution is -0.141.